The third-order valence-electron chi connectivity index (χ3n) is 8.20. The summed E-state index contributed by atoms with van der Waals surface area (Å²) in [4.78, 5) is 41.5. The number of aryl methyl sites for hydroxylation is 2. The summed E-state index contributed by atoms with van der Waals surface area (Å²) >= 11 is 0. The van der Waals surface area contributed by atoms with Crippen LogP contribution in [0.25, 0.3) is 0 Å². The minimum atomic E-state index is -1.01. The Balaban J connectivity index is 1.46. The standard InChI is InChI=1S/C37H44N4O5/c1-6-13-26(7-2)34(28-15-9-8-10-16-28)35(41-37(44)45-5)36(43)40-31-17-12-11-14-27(31)18-19-30-22-38-33(23-46-30)32-21-29(20-24(3)42)25(4)39-32/h6-17,21,30,33-35,38-39H,1-2,18-20,22-23H2,3-5H3,(H,40,43)(H,41,44). The summed E-state index contributed by atoms with van der Waals surface area (Å²) in [6.45, 7) is 12.5. The molecule has 242 valence electrons. The van der Waals surface area contributed by atoms with Gasteiger partial charge >= 0.3 is 6.09 Å². The minimum absolute atomic E-state index is 0.0110. The van der Waals surface area contributed by atoms with Crippen molar-refractivity contribution in [2.75, 3.05) is 25.6 Å². The maximum Gasteiger partial charge on any atom is 0.407 e. The van der Waals surface area contributed by atoms with Crippen LogP contribution in [0, 0.1) is 6.92 Å². The summed E-state index contributed by atoms with van der Waals surface area (Å²) in [6, 6.07) is 18.2. The molecule has 2 amide bonds. The summed E-state index contributed by atoms with van der Waals surface area (Å²) in [5.41, 5.74) is 6.19. The fourth-order valence-electron chi connectivity index (χ4n) is 5.82. The molecule has 1 saturated heterocycles. The number of methoxy groups -OCH3 is 1. The van der Waals surface area contributed by atoms with Gasteiger partial charge in [0.15, 0.2) is 0 Å². The van der Waals surface area contributed by atoms with E-state index < -0.39 is 24.0 Å². The Labute approximate surface area is 271 Å². The molecule has 0 aliphatic carbocycles. The number of alkyl carbamates (subject to hydrolysis) is 1. The van der Waals surface area contributed by atoms with Gasteiger partial charge in [-0.3, -0.25) is 9.59 Å². The molecule has 4 atom stereocenters. The highest BCUT2D eigenvalue weighted by Gasteiger charge is 2.34. The second kappa shape index (κ2) is 16.5. The van der Waals surface area contributed by atoms with Gasteiger partial charge < -0.3 is 30.4 Å². The largest absolute Gasteiger partial charge is 0.453 e. The maximum atomic E-state index is 14.0. The van der Waals surface area contributed by atoms with Gasteiger partial charge in [0, 0.05) is 36.0 Å². The molecule has 3 aromatic rings. The van der Waals surface area contributed by atoms with Crippen molar-refractivity contribution < 1.29 is 23.9 Å². The number of Topliss-reactive ketones (excluding diaryl/α,β-unsaturated/α-hetero) is 1. The lowest BCUT2D eigenvalue weighted by atomic mass is 9.83. The molecule has 1 fully saturated rings. The average molecular weight is 625 g/mol. The van der Waals surface area contributed by atoms with E-state index >= 15 is 0 Å². The number of aromatic amines is 1. The van der Waals surface area contributed by atoms with Crippen molar-refractivity contribution >= 4 is 23.5 Å². The Morgan fingerprint density at radius 3 is 2.48 bits per heavy atom. The Morgan fingerprint density at radius 1 is 1.09 bits per heavy atom. The van der Waals surface area contributed by atoms with Crippen LogP contribution < -0.4 is 16.0 Å². The second-order valence-electron chi connectivity index (χ2n) is 11.5. The third kappa shape index (κ3) is 8.93. The van der Waals surface area contributed by atoms with Gasteiger partial charge in [0.05, 0.1) is 25.9 Å². The van der Waals surface area contributed by atoms with E-state index in [2.05, 4.69) is 34.1 Å². The minimum Gasteiger partial charge on any atom is -0.453 e. The number of carbonyl (C=O) groups excluding carboxylic acids is 3. The number of amides is 2. The molecule has 9 nitrogen and oxygen atoms in total. The van der Waals surface area contributed by atoms with Crippen LogP contribution in [0.4, 0.5) is 10.5 Å². The average Bonchev–Trinajstić information content (AvgIpc) is 3.42. The Bertz CT molecular complexity index is 1550. The first-order valence-corrected chi connectivity index (χ1v) is 15.5. The molecule has 9 heteroatoms. The van der Waals surface area contributed by atoms with Crippen molar-refractivity contribution in [1.29, 1.82) is 0 Å². The number of aromatic nitrogens is 1. The van der Waals surface area contributed by atoms with Crippen LogP contribution in [0.15, 0.2) is 97.6 Å². The molecule has 0 saturated carbocycles. The van der Waals surface area contributed by atoms with E-state index in [-0.39, 0.29) is 17.9 Å². The van der Waals surface area contributed by atoms with Crippen molar-refractivity contribution in [2.24, 2.45) is 0 Å². The fraction of sp³-hybridized carbons (Fsp3) is 0.324. The number of ether oxygens (including phenoxy) is 2. The Kier molecular flexibility index (Phi) is 12.3. The zero-order chi connectivity index (χ0) is 33.1. The van der Waals surface area contributed by atoms with Gasteiger partial charge in [0.2, 0.25) is 5.91 Å². The zero-order valence-electron chi connectivity index (χ0n) is 26.8. The first-order valence-electron chi connectivity index (χ1n) is 15.5. The molecule has 2 aromatic carbocycles. The van der Waals surface area contributed by atoms with Crippen LogP contribution in [0.5, 0.6) is 0 Å². The highest BCUT2D eigenvalue weighted by molar-refractivity contribution is 5.98. The molecule has 4 unspecified atom stereocenters. The zero-order valence-corrected chi connectivity index (χ0v) is 26.8. The van der Waals surface area contributed by atoms with Crippen LogP contribution >= 0.6 is 0 Å². The number of ketones is 1. The van der Waals surface area contributed by atoms with Gasteiger partial charge in [-0.2, -0.15) is 0 Å². The highest BCUT2D eigenvalue weighted by Crippen LogP contribution is 2.31. The summed E-state index contributed by atoms with van der Waals surface area (Å²) in [6.07, 6.45) is 6.17. The van der Waals surface area contributed by atoms with E-state index in [1.54, 1.807) is 25.2 Å². The van der Waals surface area contributed by atoms with E-state index in [1.807, 2.05) is 67.6 Å². The normalized spacial score (nSPS) is 17.8. The summed E-state index contributed by atoms with van der Waals surface area (Å²) in [5.74, 6) is -0.817. The van der Waals surface area contributed by atoms with E-state index in [1.165, 1.54) is 7.11 Å². The van der Waals surface area contributed by atoms with Crippen molar-refractivity contribution in [3.8, 4) is 0 Å². The van der Waals surface area contributed by atoms with Crippen molar-refractivity contribution in [1.82, 2.24) is 15.6 Å². The number of benzene rings is 2. The van der Waals surface area contributed by atoms with Gasteiger partial charge in [-0.15, -0.1) is 0 Å². The highest BCUT2D eigenvalue weighted by atomic mass is 16.5. The molecule has 0 spiro atoms. The number of para-hydroxylation sites is 1. The lowest BCUT2D eigenvalue weighted by Gasteiger charge is -2.30. The van der Waals surface area contributed by atoms with E-state index in [0.29, 0.717) is 31.7 Å². The molecule has 2 heterocycles. The third-order valence-corrected chi connectivity index (χ3v) is 8.20. The van der Waals surface area contributed by atoms with Crippen LogP contribution in [0.1, 0.15) is 53.4 Å². The molecule has 0 bridgehead atoms. The van der Waals surface area contributed by atoms with Gasteiger partial charge in [0.25, 0.3) is 0 Å². The number of anilines is 1. The molecule has 1 aliphatic rings. The number of rotatable bonds is 14. The van der Waals surface area contributed by atoms with Crippen LogP contribution in [0.2, 0.25) is 0 Å². The number of morpholine rings is 1. The van der Waals surface area contributed by atoms with Crippen LogP contribution in [-0.2, 0) is 31.9 Å². The number of nitrogens with one attached hydrogen (secondary N) is 4. The summed E-state index contributed by atoms with van der Waals surface area (Å²) in [5, 5.41) is 9.39. The van der Waals surface area contributed by atoms with Crippen LogP contribution in [0.3, 0.4) is 0 Å². The van der Waals surface area contributed by atoms with E-state index in [0.717, 1.165) is 40.1 Å². The number of hydrogen-bond donors (Lipinski definition) is 4. The molecule has 4 N–H and O–H groups in total. The number of allylic oxidation sites excluding steroid dienone is 3. The fourth-order valence-corrected chi connectivity index (χ4v) is 5.82. The van der Waals surface area contributed by atoms with E-state index in [9.17, 15) is 14.4 Å². The monoisotopic (exact) mass is 624 g/mol. The summed E-state index contributed by atoms with van der Waals surface area (Å²) in [7, 11) is 1.26. The number of H-pyrrole nitrogens is 1. The smallest absolute Gasteiger partial charge is 0.407 e. The lowest BCUT2D eigenvalue weighted by molar-refractivity contribution is -0.118. The molecular weight excluding hydrogens is 580 g/mol. The first kappa shape index (κ1) is 34.1. The number of carbonyl (C=O) groups is 3. The Hall–Kier alpha value is -4.73. The van der Waals surface area contributed by atoms with Gasteiger partial charge in [0.1, 0.15) is 11.8 Å². The molecule has 1 aromatic heterocycles. The predicted octanol–water partition coefficient (Wildman–Crippen LogP) is 5.86. The quantitative estimate of drug-likeness (QED) is 0.167. The number of hydrogen-bond acceptors (Lipinski definition) is 6. The van der Waals surface area contributed by atoms with Gasteiger partial charge in [-0.1, -0.05) is 79.9 Å². The van der Waals surface area contributed by atoms with Gasteiger partial charge in [-0.25, -0.2) is 4.79 Å². The maximum absolute atomic E-state index is 14.0. The van der Waals surface area contributed by atoms with Crippen molar-refractivity contribution in [2.45, 2.75) is 57.2 Å². The van der Waals surface area contributed by atoms with Crippen molar-refractivity contribution in [3.63, 3.8) is 0 Å². The van der Waals surface area contributed by atoms with Crippen LogP contribution in [-0.4, -0.2) is 55.2 Å². The predicted molar refractivity (Wildman–Crippen MR) is 181 cm³/mol. The second-order valence-corrected chi connectivity index (χ2v) is 11.5. The topological polar surface area (TPSA) is 122 Å². The van der Waals surface area contributed by atoms with E-state index in [4.69, 9.17) is 9.47 Å². The summed E-state index contributed by atoms with van der Waals surface area (Å²) < 4.78 is 11.1. The molecular formula is C37H44N4O5. The molecule has 0 radical (unpaired) electrons. The molecule has 46 heavy (non-hydrogen) atoms. The first-order chi connectivity index (χ1) is 22.2. The molecule has 4 rings (SSSR count). The van der Waals surface area contributed by atoms with Gasteiger partial charge in [-0.05, 0) is 61.1 Å². The van der Waals surface area contributed by atoms with Crippen molar-refractivity contribution in [3.05, 3.63) is 126 Å². The molecule has 1 aliphatic heterocycles. The SMILES string of the molecule is C=CC=C(C=C)C(c1ccccc1)C(NC(=O)OC)C(=O)Nc1ccccc1CCC1CNC(c2cc(CC(C)=O)c(C)[nH]2)CO1. The lowest BCUT2D eigenvalue weighted by Crippen LogP contribution is -2.48. The Morgan fingerprint density at radius 2 is 1.83 bits per heavy atom.